The average molecular weight is 230 g/mol. The first-order chi connectivity index (χ1) is 7.53. The maximum absolute atomic E-state index is 2.43. The Kier molecular flexibility index (Phi) is 3.04. The smallest absolute Gasteiger partial charge is 0.0285 e. The second-order valence-electron chi connectivity index (χ2n) is 4.77. The van der Waals surface area contributed by atoms with Gasteiger partial charge in [0.1, 0.15) is 0 Å². The zero-order chi connectivity index (χ0) is 11.8. The molecule has 2 unspecified atom stereocenters. The fourth-order valence-corrected chi connectivity index (χ4v) is 3.91. The number of rotatable bonds is 2. The molecule has 0 heterocycles. The Balaban J connectivity index is 2.30. The Labute approximate surface area is 100 Å². The predicted octanol–water partition coefficient (Wildman–Crippen LogP) is 4.05. The number of hydrogen-bond acceptors (Lipinski definition) is 0. The molecule has 0 radical (unpaired) electrons. The van der Waals surface area contributed by atoms with Gasteiger partial charge in [-0.1, -0.05) is 56.1 Å². The van der Waals surface area contributed by atoms with Crippen LogP contribution in [0, 0.1) is 0 Å². The fraction of sp³-hybridized carbons (Fsp3) is 0.333. The van der Waals surface area contributed by atoms with E-state index in [1.54, 1.807) is 0 Å². The Morgan fingerprint density at radius 2 is 1.62 bits per heavy atom. The van der Waals surface area contributed by atoms with Gasteiger partial charge in [-0.25, -0.2) is 0 Å². The van der Waals surface area contributed by atoms with Crippen molar-refractivity contribution in [3.05, 3.63) is 53.1 Å². The first-order valence-corrected chi connectivity index (χ1v) is 6.74. The van der Waals surface area contributed by atoms with Crippen LogP contribution in [0.2, 0.25) is 0 Å². The quantitative estimate of drug-likeness (QED) is 0.672. The maximum Gasteiger partial charge on any atom is 0.0285 e. The largest absolute Gasteiger partial charge is 0.0761 e. The van der Waals surface area contributed by atoms with Crippen molar-refractivity contribution >= 4 is 13.9 Å². The summed E-state index contributed by atoms with van der Waals surface area (Å²) in [6.45, 7) is 9.09. The molecule has 1 aromatic carbocycles. The third kappa shape index (κ3) is 1.99. The molecule has 0 amide bonds. The Hall–Kier alpha value is -0.870. The van der Waals surface area contributed by atoms with Gasteiger partial charge in [0, 0.05) is 5.16 Å². The van der Waals surface area contributed by atoms with Gasteiger partial charge in [0.15, 0.2) is 0 Å². The van der Waals surface area contributed by atoms with Crippen LogP contribution in [0.15, 0.2) is 53.1 Å². The average Bonchev–Trinajstić information content (AvgIpc) is 2.44. The summed E-state index contributed by atoms with van der Waals surface area (Å²) >= 11 is 0. The molecule has 0 aliphatic heterocycles. The summed E-state index contributed by atoms with van der Waals surface area (Å²) in [5, 5.41) is 1.69. The Morgan fingerprint density at radius 3 is 2.12 bits per heavy atom. The first-order valence-electron chi connectivity index (χ1n) is 5.74. The van der Waals surface area contributed by atoms with Crippen molar-refractivity contribution < 1.29 is 0 Å². The highest BCUT2D eigenvalue weighted by atomic mass is 31.1. The maximum atomic E-state index is 2.43. The molecule has 1 aliphatic rings. The molecule has 1 aliphatic carbocycles. The van der Waals surface area contributed by atoms with Crippen LogP contribution in [0.4, 0.5) is 0 Å². The van der Waals surface area contributed by atoms with Gasteiger partial charge < -0.3 is 0 Å². The van der Waals surface area contributed by atoms with E-state index in [4.69, 9.17) is 0 Å². The van der Waals surface area contributed by atoms with E-state index in [1.165, 1.54) is 22.0 Å². The monoisotopic (exact) mass is 230 g/mol. The van der Waals surface area contributed by atoms with E-state index >= 15 is 0 Å². The van der Waals surface area contributed by atoms with E-state index in [2.05, 4.69) is 64.1 Å². The molecule has 2 atom stereocenters. The number of hydrogen-bond donors (Lipinski definition) is 0. The van der Waals surface area contributed by atoms with E-state index < -0.39 is 0 Å². The van der Waals surface area contributed by atoms with Gasteiger partial charge >= 0.3 is 0 Å². The molecule has 16 heavy (non-hydrogen) atoms. The Bertz CT molecular complexity index is 454. The first kappa shape index (κ1) is 11.6. The summed E-state index contributed by atoms with van der Waals surface area (Å²) in [4.78, 5) is 0. The molecule has 0 N–H and O–H groups in total. The zero-order valence-electron chi connectivity index (χ0n) is 10.5. The molecule has 0 fully saturated rings. The van der Waals surface area contributed by atoms with Gasteiger partial charge in [-0.05, 0) is 38.6 Å². The third-order valence-corrected chi connectivity index (χ3v) is 5.28. The lowest BCUT2D eigenvalue weighted by atomic mass is 10.0. The molecule has 0 nitrogen and oxygen atoms in total. The van der Waals surface area contributed by atoms with E-state index in [0.717, 1.165) is 8.58 Å². The lowest BCUT2D eigenvalue weighted by Crippen LogP contribution is -2.18. The van der Waals surface area contributed by atoms with E-state index in [9.17, 15) is 0 Å². The number of benzene rings is 1. The van der Waals surface area contributed by atoms with Crippen LogP contribution in [0.5, 0.6) is 0 Å². The van der Waals surface area contributed by atoms with Crippen molar-refractivity contribution in [3.8, 4) is 0 Å². The van der Waals surface area contributed by atoms with Crippen molar-refractivity contribution in [2.75, 3.05) is 0 Å². The standard InChI is InChI=1S/C15H19P/c1-11-10-15(4,13(3)12(11)2)16-14-8-6-5-7-9-14/h5-10,16H,1-4H3. The second kappa shape index (κ2) is 4.18. The molecule has 0 saturated carbocycles. The van der Waals surface area contributed by atoms with Gasteiger partial charge in [-0.3, -0.25) is 0 Å². The topological polar surface area (TPSA) is 0 Å². The van der Waals surface area contributed by atoms with E-state index in [0.29, 0.717) is 0 Å². The third-order valence-electron chi connectivity index (χ3n) is 3.62. The molecule has 1 aromatic rings. The van der Waals surface area contributed by atoms with Gasteiger partial charge in [0.05, 0.1) is 0 Å². The van der Waals surface area contributed by atoms with Crippen molar-refractivity contribution in [3.63, 3.8) is 0 Å². The minimum Gasteiger partial charge on any atom is -0.0761 e. The molecule has 0 saturated heterocycles. The molecular formula is C15H19P. The highest BCUT2D eigenvalue weighted by Gasteiger charge is 2.30. The van der Waals surface area contributed by atoms with Crippen LogP contribution in [0.3, 0.4) is 0 Å². The van der Waals surface area contributed by atoms with Crippen LogP contribution in [0.25, 0.3) is 0 Å². The molecular weight excluding hydrogens is 211 g/mol. The summed E-state index contributed by atoms with van der Waals surface area (Å²) in [6.07, 6.45) is 2.43. The summed E-state index contributed by atoms with van der Waals surface area (Å²) in [7, 11) is 0.829. The van der Waals surface area contributed by atoms with Crippen molar-refractivity contribution in [2.45, 2.75) is 32.9 Å². The van der Waals surface area contributed by atoms with Gasteiger partial charge in [-0.15, -0.1) is 0 Å². The second-order valence-corrected chi connectivity index (χ2v) is 6.64. The minimum absolute atomic E-state index is 0.246. The van der Waals surface area contributed by atoms with Gasteiger partial charge in [0.25, 0.3) is 0 Å². The van der Waals surface area contributed by atoms with Crippen LogP contribution in [-0.2, 0) is 0 Å². The summed E-state index contributed by atoms with van der Waals surface area (Å²) < 4.78 is 0. The fourth-order valence-electron chi connectivity index (χ4n) is 2.29. The van der Waals surface area contributed by atoms with Crippen LogP contribution in [-0.4, -0.2) is 5.16 Å². The van der Waals surface area contributed by atoms with Crippen molar-refractivity contribution in [1.82, 2.24) is 0 Å². The summed E-state index contributed by atoms with van der Waals surface area (Å²) in [5.41, 5.74) is 4.46. The lowest BCUT2D eigenvalue weighted by Gasteiger charge is -2.25. The van der Waals surface area contributed by atoms with Crippen LogP contribution < -0.4 is 5.30 Å². The normalized spacial score (nSPS) is 25.6. The summed E-state index contributed by atoms with van der Waals surface area (Å²) in [6, 6.07) is 10.8. The molecule has 1 heteroatoms. The highest BCUT2D eigenvalue weighted by Crippen LogP contribution is 2.46. The highest BCUT2D eigenvalue weighted by molar-refractivity contribution is 7.49. The SMILES string of the molecule is CC1=CC(C)(Pc2ccccc2)C(C)=C1C. The molecule has 0 bridgehead atoms. The van der Waals surface area contributed by atoms with E-state index in [1.807, 2.05) is 0 Å². The van der Waals surface area contributed by atoms with Crippen LogP contribution in [0.1, 0.15) is 27.7 Å². The predicted molar refractivity (Wildman–Crippen MR) is 74.9 cm³/mol. The lowest BCUT2D eigenvalue weighted by molar-refractivity contribution is 0.933. The zero-order valence-corrected chi connectivity index (χ0v) is 11.5. The number of allylic oxidation sites excluding steroid dienone is 4. The molecule has 84 valence electrons. The molecule has 0 spiro atoms. The van der Waals surface area contributed by atoms with Gasteiger partial charge in [-0.2, -0.15) is 0 Å². The minimum atomic E-state index is 0.246. The Morgan fingerprint density at radius 1 is 1.00 bits per heavy atom. The van der Waals surface area contributed by atoms with Gasteiger partial charge in [0.2, 0.25) is 0 Å². The molecule has 0 aromatic heterocycles. The van der Waals surface area contributed by atoms with Crippen molar-refractivity contribution in [2.24, 2.45) is 0 Å². The molecule has 2 rings (SSSR count). The van der Waals surface area contributed by atoms with Crippen LogP contribution >= 0.6 is 8.58 Å². The summed E-state index contributed by atoms with van der Waals surface area (Å²) in [5.74, 6) is 0. The van der Waals surface area contributed by atoms with Crippen molar-refractivity contribution in [1.29, 1.82) is 0 Å². The van der Waals surface area contributed by atoms with E-state index in [-0.39, 0.29) is 5.16 Å².